The predicted octanol–water partition coefficient (Wildman–Crippen LogP) is 1.70. The molecule has 1 aromatic rings. The minimum Gasteiger partial charge on any atom is -0.380 e. The maximum atomic E-state index is 9.58. The minimum atomic E-state index is -1.16. The molecular formula is C8H10IN3O2. The van der Waals surface area contributed by atoms with Crippen LogP contribution in [0, 0.1) is 10.8 Å². The largest absolute Gasteiger partial charge is 0.380 e. The summed E-state index contributed by atoms with van der Waals surface area (Å²) in [5.74, 6) is 0.659. The SMILES string of the molecule is CCc1cc(C(O)C(=N)C(=N)I)no1. The van der Waals surface area contributed by atoms with Gasteiger partial charge in [-0.25, -0.2) is 0 Å². The number of nitrogens with one attached hydrogen (secondary N) is 2. The molecule has 0 fully saturated rings. The molecule has 6 heteroatoms. The van der Waals surface area contributed by atoms with Gasteiger partial charge >= 0.3 is 0 Å². The van der Waals surface area contributed by atoms with E-state index in [0.717, 1.165) is 0 Å². The lowest BCUT2D eigenvalue weighted by molar-refractivity contribution is 0.234. The van der Waals surface area contributed by atoms with Gasteiger partial charge in [0.05, 0.1) is 5.71 Å². The van der Waals surface area contributed by atoms with Crippen LogP contribution >= 0.6 is 22.6 Å². The highest BCUT2D eigenvalue weighted by Gasteiger charge is 2.19. The number of nitrogens with zero attached hydrogens (tertiary/aromatic N) is 1. The van der Waals surface area contributed by atoms with Crippen molar-refractivity contribution in [3.05, 3.63) is 17.5 Å². The second kappa shape index (κ2) is 4.65. The van der Waals surface area contributed by atoms with E-state index in [1.54, 1.807) is 28.7 Å². The van der Waals surface area contributed by atoms with Crippen molar-refractivity contribution >= 4 is 32.0 Å². The van der Waals surface area contributed by atoms with Gasteiger partial charge in [0.1, 0.15) is 21.3 Å². The smallest absolute Gasteiger partial charge is 0.143 e. The Bertz CT molecular complexity index is 361. The molecule has 1 heterocycles. The number of aromatic nitrogens is 1. The fourth-order valence-corrected chi connectivity index (χ4v) is 1.19. The predicted molar refractivity (Wildman–Crippen MR) is 60.3 cm³/mol. The van der Waals surface area contributed by atoms with Gasteiger partial charge in [0.15, 0.2) is 0 Å². The highest BCUT2D eigenvalue weighted by molar-refractivity contribution is 14.1. The Hall–Kier alpha value is -0.760. The van der Waals surface area contributed by atoms with Crippen LogP contribution in [0.1, 0.15) is 24.5 Å². The van der Waals surface area contributed by atoms with Gasteiger partial charge < -0.3 is 9.63 Å². The molecule has 0 spiro atoms. The fourth-order valence-electron chi connectivity index (χ4n) is 0.892. The Balaban J connectivity index is 2.83. The van der Waals surface area contributed by atoms with Crippen molar-refractivity contribution in [2.24, 2.45) is 0 Å². The topological polar surface area (TPSA) is 94.0 Å². The first-order valence-corrected chi connectivity index (χ1v) is 5.10. The standard InChI is InChI=1S/C8H10IN3O2/c1-2-4-3-5(12-14-4)7(13)6(10)8(9)11/h3,7,10-11,13H,2H2,1H3. The molecule has 1 rings (SSSR count). The molecule has 0 bridgehead atoms. The zero-order valence-electron chi connectivity index (χ0n) is 7.54. The van der Waals surface area contributed by atoms with Crippen molar-refractivity contribution in [3.8, 4) is 0 Å². The van der Waals surface area contributed by atoms with Crippen LogP contribution in [-0.2, 0) is 6.42 Å². The van der Waals surface area contributed by atoms with Crippen LogP contribution in [0.5, 0.6) is 0 Å². The summed E-state index contributed by atoms with van der Waals surface area (Å²) in [5.41, 5.74) is 0.120. The maximum Gasteiger partial charge on any atom is 0.143 e. The molecule has 76 valence electrons. The van der Waals surface area contributed by atoms with E-state index in [9.17, 15) is 5.11 Å². The third-order valence-electron chi connectivity index (χ3n) is 1.72. The van der Waals surface area contributed by atoms with Gasteiger partial charge in [-0.2, -0.15) is 0 Å². The Morgan fingerprint density at radius 3 is 2.79 bits per heavy atom. The molecule has 14 heavy (non-hydrogen) atoms. The molecule has 0 saturated carbocycles. The molecule has 0 aliphatic rings. The Morgan fingerprint density at radius 2 is 2.36 bits per heavy atom. The first-order chi connectivity index (χ1) is 6.56. The number of hydrogen-bond donors (Lipinski definition) is 3. The van der Waals surface area contributed by atoms with E-state index in [-0.39, 0.29) is 15.1 Å². The van der Waals surface area contributed by atoms with Gasteiger partial charge in [-0.1, -0.05) is 12.1 Å². The Labute approximate surface area is 94.6 Å². The number of hydrogen-bond acceptors (Lipinski definition) is 5. The zero-order valence-corrected chi connectivity index (χ0v) is 9.70. The molecule has 0 aliphatic carbocycles. The second-order valence-electron chi connectivity index (χ2n) is 2.70. The summed E-state index contributed by atoms with van der Waals surface area (Å²) in [6.07, 6.45) is -0.474. The van der Waals surface area contributed by atoms with Crippen molar-refractivity contribution in [2.75, 3.05) is 0 Å². The van der Waals surface area contributed by atoms with Gasteiger partial charge in [-0.05, 0) is 22.6 Å². The van der Waals surface area contributed by atoms with E-state index >= 15 is 0 Å². The highest BCUT2D eigenvalue weighted by atomic mass is 127. The fraction of sp³-hybridized carbons (Fsp3) is 0.375. The second-order valence-corrected chi connectivity index (χ2v) is 3.78. The third-order valence-corrected chi connectivity index (χ3v) is 2.30. The van der Waals surface area contributed by atoms with Crippen molar-refractivity contribution in [1.82, 2.24) is 5.16 Å². The van der Waals surface area contributed by atoms with Crippen molar-refractivity contribution in [2.45, 2.75) is 19.4 Å². The van der Waals surface area contributed by atoms with Crippen LogP contribution in [0.2, 0.25) is 0 Å². The molecule has 0 radical (unpaired) electrons. The lowest BCUT2D eigenvalue weighted by Gasteiger charge is -2.05. The molecule has 1 aromatic heterocycles. The number of aliphatic hydroxyl groups excluding tert-OH is 1. The van der Waals surface area contributed by atoms with Crippen LogP contribution in [0.15, 0.2) is 10.6 Å². The first kappa shape index (κ1) is 11.3. The summed E-state index contributed by atoms with van der Waals surface area (Å²) in [4.78, 5) is 0. The summed E-state index contributed by atoms with van der Waals surface area (Å²) >= 11 is 1.67. The average molecular weight is 307 g/mol. The van der Waals surface area contributed by atoms with Crippen molar-refractivity contribution < 1.29 is 9.63 Å². The lowest BCUT2D eigenvalue weighted by Crippen LogP contribution is -2.16. The molecule has 3 N–H and O–H groups in total. The summed E-state index contributed by atoms with van der Waals surface area (Å²) in [6.45, 7) is 1.91. The summed E-state index contributed by atoms with van der Waals surface area (Å²) in [6, 6.07) is 1.60. The average Bonchev–Trinajstić information content (AvgIpc) is 2.63. The third kappa shape index (κ3) is 2.38. The summed E-state index contributed by atoms with van der Waals surface area (Å²) in [5, 5.41) is 27.8. The van der Waals surface area contributed by atoms with Crippen LogP contribution in [0.25, 0.3) is 0 Å². The van der Waals surface area contributed by atoms with E-state index in [2.05, 4.69) is 5.16 Å². The van der Waals surface area contributed by atoms with Gasteiger partial charge in [0.2, 0.25) is 0 Å². The molecule has 0 amide bonds. The Morgan fingerprint density at radius 1 is 1.71 bits per heavy atom. The highest BCUT2D eigenvalue weighted by Crippen LogP contribution is 2.16. The minimum absolute atomic E-state index is 0.00357. The maximum absolute atomic E-state index is 9.58. The first-order valence-electron chi connectivity index (χ1n) is 4.02. The van der Waals surface area contributed by atoms with Crippen molar-refractivity contribution in [1.29, 1.82) is 10.8 Å². The van der Waals surface area contributed by atoms with Gasteiger partial charge in [0, 0.05) is 12.5 Å². The van der Waals surface area contributed by atoms with E-state index in [4.69, 9.17) is 15.3 Å². The van der Waals surface area contributed by atoms with E-state index in [1.165, 1.54) is 0 Å². The van der Waals surface area contributed by atoms with Gasteiger partial charge in [-0.15, -0.1) is 0 Å². The van der Waals surface area contributed by atoms with Crippen LogP contribution in [0.3, 0.4) is 0 Å². The van der Waals surface area contributed by atoms with Crippen molar-refractivity contribution in [3.63, 3.8) is 0 Å². The van der Waals surface area contributed by atoms with Crippen LogP contribution < -0.4 is 0 Å². The molecule has 0 aromatic carbocycles. The number of rotatable bonds is 4. The molecule has 0 saturated heterocycles. The lowest BCUT2D eigenvalue weighted by atomic mass is 10.1. The van der Waals surface area contributed by atoms with E-state index < -0.39 is 6.10 Å². The monoisotopic (exact) mass is 307 g/mol. The van der Waals surface area contributed by atoms with Crippen LogP contribution in [-0.4, -0.2) is 19.7 Å². The normalized spacial score (nSPS) is 12.5. The Kier molecular flexibility index (Phi) is 3.76. The van der Waals surface area contributed by atoms with Gasteiger partial charge in [-0.3, -0.25) is 10.8 Å². The molecule has 1 atom stereocenters. The van der Waals surface area contributed by atoms with Crippen LogP contribution in [0.4, 0.5) is 0 Å². The van der Waals surface area contributed by atoms with E-state index in [0.29, 0.717) is 12.2 Å². The van der Waals surface area contributed by atoms with Gasteiger partial charge in [0.25, 0.3) is 0 Å². The summed E-state index contributed by atoms with van der Waals surface area (Å²) in [7, 11) is 0. The quantitative estimate of drug-likeness (QED) is 0.584. The number of halogens is 1. The van der Waals surface area contributed by atoms with E-state index in [1.807, 2.05) is 6.92 Å². The number of aliphatic hydroxyl groups is 1. The molecule has 1 unspecified atom stereocenters. The summed E-state index contributed by atoms with van der Waals surface area (Å²) < 4.78 is 4.88. The zero-order chi connectivity index (χ0) is 10.7. The number of aryl methyl sites for hydroxylation is 1. The molecular weight excluding hydrogens is 297 g/mol. The molecule has 5 nitrogen and oxygen atoms in total. The molecule has 0 aliphatic heterocycles.